The second-order valence-electron chi connectivity index (χ2n) is 5.68. The predicted octanol–water partition coefficient (Wildman–Crippen LogP) is 2.53. The van der Waals surface area contributed by atoms with E-state index in [1.807, 2.05) is 4.90 Å². The molecule has 2 heterocycles. The van der Waals surface area contributed by atoms with Gasteiger partial charge in [-0.2, -0.15) is 4.31 Å². The molecule has 2 aromatic rings. The minimum atomic E-state index is -3.18. The molecule has 1 aliphatic heterocycles. The Kier molecular flexibility index (Phi) is 5.59. The Labute approximate surface area is 156 Å². The van der Waals surface area contributed by atoms with Crippen molar-refractivity contribution in [3.05, 3.63) is 41.4 Å². The van der Waals surface area contributed by atoms with Crippen molar-refractivity contribution >= 4 is 27.4 Å². The molecule has 1 aromatic heterocycles. The first-order valence-corrected chi connectivity index (χ1v) is 10.1. The summed E-state index contributed by atoms with van der Waals surface area (Å²) in [5, 5.41) is -0.0370. The first kappa shape index (κ1) is 18.8. The van der Waals surface area contributed by atoms with Gasteiger partial charge in [0.05, 0.1) is 10.8 Å². The maximum Gasteiger partial charge on any atom is 0.224 e. The van der Waals surface area contributed by atoms with E-state index in [9.17, 15) is 12.8 Å². The molecule has 0 saturated carbocycles. The molecule has 0 bridgehead atoms. The van der Waals surface area contributed by atoms with Gasteiger partial charge >= 0.3 is 0 Å². The Morgan fingerprint density at radius 3 is 2.58 bits per heavy atom. The van der Waals surface area contributed by atoms with Gasteiger partial charge in [0.2, 0.25) is 15.9 Å². The van der Waals surface area contributed by atoms with Gasteiger partial charge in [-0.25, -0.2) is 22.8 Å². The largest absolute Gasteiger partial charge is 0.439 e. The van der Waals surface area contributed by atoms with Gasteiger partial charge in [0.1, 0.15) is 23.7 Å². The molecule has 1 aliphatic rings. The van der Waals surface area contributed by atoms with E-state index < -0.39 is 15.8 Å². The SMILES string of the molecule is CCS(=O)(=O)N1CCN(c2cc(Oc3ccc(F)c(Cl)c3)ncn2)CC1. The van der Waals surface area contributed by atoms with E-state index in [0.29, 0.717) is 43.6 Å². The van der Waals surface area contributed by atoms with Crippen LogP contribution in [0.3, 0.4) is 0 Å². The number of benzene rings is 1. The van der Waals surface area contributed by atoms with Crippen molar-refractivity contribution in [2.24, 2.45) is 0 Å². The van der Waals surface area contributed by atoms with Crippen LogP contribution in [0.25, 0.3) is 0 Å². The summed E-state index contributed by atoms with van der Waals surface area (Å²) in [7, 11) is -3.18. The number of halogens is 2. The van der Waals surface area contributed by atoms with Gasteiger partial charge in [-0.3, -0.25) is 0 Å². The van der Waals surface area contributed by atoms with Crippen LogP contribution < -0.4 is 9.64 Å². The Balaban J connectivity index is 1.69. The summed E-state index contributed by atoms with van der Waals surface area (Å²) < 4.78 is 44.2. The molecule has 0 amide bonds. The Hall–Kier alpha value is -1.97. The summed E-state index contributed by atoms with van der Waals surface area (Å²) >= 11 is 5.75. The molecule has 1 saturated heterocycles. The predicted molar refractivity (Wildman–Crippen MR) is 96.8 cm³/mol. The van der Waals surface area contributed by atoms with Crippen molar-refractivity contribution in [1.29, 1.82) is 0 Å². The average Bonchev–Trinajstić information content (AvgIpc) is 2.65. The van der Waals surface area contributed by atoms with Gasteiger partial charge in [0.25, 0.3) is 0 Å². The summed E-state index contributed by atoms with van der Waals surface area (Å²) in [6.07, 6.45) is 1.37. The maximum absolute atomic E-state index is 13.2. The number of rotatable bonds is 5. The first-order chi connectivity index (χ1) is 12.4. The van der Waals surface area contributed by atoms with Crippen molar-refractivity contribution in [3.63, 3.8) is 0 Å². The number of hydrogen-bond acceptors (Lipinski definition) is 6. The molecule has 0 N–H and O–H groups in total. The first-order valence-electron chi connectivity index (χ1n) is 8.07. The van der Waals surface area contributed by atoms with E-state index in [1.54, 1.807) is 13.0 Å². The molecule has 1 aromatic carbocycles. The number of aromatic nitrogens is 2. The van der Waals surface area contributed by atoms with Crippen molar-refractivity contribution in [2.75, 3.05) is 36.8 Å². The van der Waals surface area contributed by atoms with E-state index >= 15 is 0 Å². The third-order valence-electron chi connectivity index (χ3n) is 4.06. The molecule has 0 aliphatic carbocycles. The fourth-order valence-corrected chi connectivity index (χ4v) is 3.85. The molecular weight excluding hydrogens is 383 g/mol. The smallest absolute Gasteiger partial charge is 0.224 e. The zero-order valence-corrected chi connectivity index (χ0v) is 15.7. The monoisotopic (exact) mass is 400 g/mol. The molecular formula is C16H18ClFN4O3S. The van der Waals surface area contributed by atoms with Gasteiger partial charge in [0.15, 0.2) is 0 Å². The van der Waals surface area contributed by atoms with Crippen LogP contribution in [0.5, 0.6) is 11.6 Å². The Morgan fingerprint density at radius 1 is 1.19 bits per heavy atom. The highest BCUT2D eigenvalue weighted by atomic mass is 35.5. The number of ether oxygens (including phenoxy) is 1. The lowest BCUT2D eigenvalue weighted by atomic mass is 10.3. The van der Waals surface area contributed by atoms with Crippen LogP contribution >= 0.6 is 11.6 Å². The highest BCUT2D eigenvalue weighted by molar-refractivity contribution is 7.89. The summed E-state index contributed by atoms with van der Waals surface area (Å²) in [5.74, 6) is 0.860. The minimum Gasteiger partial charge on any atom is -0.439 e. The molecule has 10 heteroatoms. The number of anilines is 1. The number of piperazine rings is 1. The van der Waals surface area contributed by atoms with Crippen LogP contribution in [0.1, 0.15) is 6.92 Å². The van der Waals surface area contributed by atoms with Crippen molar-refractivity contribution in [3.8, 4) is 11.6 Å². The van der Waals surface area contributed by atoms with Gasteiger partial charge < -0.3 is 9.64 Å². The molecule has 0 radical (unpaired) electrons. The Morgan fingerprint density at radius 2 is 1.92 bits per heavy atom. The number of hydrogen-bond donors (Lipinski definition) is 0. The van der Waals surface area contributed by atoms with Crippen LogP contribution in [-0.4, -0.2) is 54.6 Å². The molecule has 0 atom stereocenters. The van der Waals surface area contributed by atoms with E-state index in [2.05, 4.69) is 9.97 Å². The summed E-state index contributed by atoms with van der Waals surface area (Å²) in [4.78, 5) is 10.2. The maximum atomic E-state index is 13.2. The zero-order chi connectivity index (χ0) is 18.7. The van der Waals surface area contributed by atoms with E-state index in [4.69, 9.17) is 16.3 Å². The zero-order valence-electron chi connectivity index (χ0n) is 14.1. The van der Waals surface area contributed by atoms with Gasteiger partial charge in [-0.15, -0.1) is 0 Å². The van der Waals surface area contributed by atoms with E-state index in [0.717, 1.165) is 0 Å². The third-order valence-corrected chi connectivity index (χ3v) is 6.23. The van der Waals surface area contributed by atoms with Crippen LogP contribution in [0.15, 0.2) is 30.6 Å². The van der Waals surface area contributed by atoms with Crippen LogP contribution in [0.4, 0.5) is 10.2 Å². The normalized spacial score (nSPS) is 15.9. The topological polar surface area (TPSA) is 75.6 Å². The van der Waals surface area contributed by atoms with Crippen molar-refractivity contribution in [2.45, 2.75) is 6.92 Å². The van der Waals surface area contributed by atoms with E-state index in [1.165, 1.54) is 28.8 Å². The minimum absolute atomic E-state index is 0.0370. The summed E-state index contributed by atoms with van der Waals surface area (Å²) in [6.45, 7) is 3.50. The quantitative estimate of drug-likeness (QED) is 0.767. The lowest BCUT2D eigenvalue weighted by molar-refractivity contribution is 0.384. The van der Waals surface area contributed by atoms with E-state index in [-0.39, 0.29) is 10.8 Å². The van der Waals surface area contributed by atoms with Gasteiger partial charge in [0, 0.05) is 38.3 Å². The summed E-state index contributed by atoms with van der Waals surface area (Å²) in [5.41, 5.74) is 0. The second-order valence-corrected chi connectivity index (χ2v) is 8.34. The number of sulfonamides is 1. The third kappa shape index (κ3) is 4.22. The van der Waals surface area contributed by atoms with Gasteiger partial charge in [-0.05, 0) is 19.1 Å². The molecule has 0 spiro atoms. The second kappa shape index (κ2) is 7.73. The standard InChI is InChI=1S/C16H18ClFN4O3S/c1-2-26(23,24)22-7-5-21(6-8-22)15-10-16(20-11-19-15)25-12-3-4-14(18)13(17)9-12/h3-4,9-11H,2,5-8H2,1H3. The molecule has 1 fully saturated rings. The van der Waals surface area contributed by atoms with Crippen molar-refractivity contribution in [1.82, 2.24) is 14.3 Å². The number of nitrogens with zero attached hydrogens (tertiary/aromatic N) is 4. The highest BCUT2D eigenvalue weighted by Crippen LogP contribution is 2.26. The fourth-order valence-electron chi connectivity index (χ4n) is 2.60. The molecule has 26 heavy (non-hydrogen) atoms. The lowest BCUT2D eigenvalue weighted by Crippen LogP contribution is -2.49. The molecule has 7 nitrogen and oxygen atoms in total. The molecule has 140 valence electrons. The fraction of sp³-hybridized carbons (Fsp3) is 0.375. The van der Waals surface area contributed by atoms with Crippen molar-refractivity contribution < 1.29 is 17.5 Å². The van der Waals surface area contributed by atoms with Crippen LogP contribution in [0, 0.1) is 5.82 Å². The van der Waals surface area contributed by atoms with Crippen LogP contribution in [-0.2, 0) is 10.0 Å². The lowest BCUT2D eigenvalue weighted by Gasteiger charge is -2.34. The molecule has 3 rings (SSSR count). The van der Waals surface area contributed by atoms with Crippen LogP contribution in [0.2, 0.25) is 5.02 Å². The molecule has 0 unspecified atom stereocenters. The average molecular weight is 401 g/mol. The highest BCUT2D eigenvalue weighted by Gasteiger charge is 2.26. The summed E-state index contributed by atoms with van der Waals surface area (Å²) in [6, 6.07) is 5.69. The van der Waals surface area contributed by atoms with Gasteiger partial charge in [-0.1, -0.05) is 11.6 Å². The Bertz CT molecular complexity index is 889.